The van der Waals surface area contributed by atoms with E-state index in [0.717, 1.165) is 35.3 Å². The van der Waals surface area contributed by atoms with Crippen molar-refractivity contribution >= 4 is 41.3 Å². The normalized spacial score (nSPS) is 12.2. The Morgan fingerprint density at radius 2 is 1.90 bits per heavy atom. The number of aliphatic imine (C=N–C) groups is 1. The van der Waals surface area contributed by atoms with Crippen molar-refractivity contribution in [3.8, 4) is 5.75 Å². The highest BCUT2D eigenvalue weighted by Gasteiger charge is 2.10. The van der Waals surface area contributed by atoms with Crippen LogP contribution in [0.15, 0.2) is 41.4 Å². The maximum atomic E-state index is 5.23. The molecule has 0 aliphatic carbocycles. The molecule has 1 unspecified atom stereocenters. The monoisotopic (exact) mass is 554 g/mol. The highest BCUT2D eigenvalue weighted by molar-refractivity contribution is 14.0. The molecule has 0 spiro atoms. The van der Waals surface area contributed by atoms with Crippen molar-refractivity contribution in [3.63, 3.8) is 0 Å². The zero-order valence-electron chi connectivity index (χ0n) is 18.7. The molecule has 0 saturated heterocycles. The average molecular weight is 555 g/mol. The Kier molecular flexibility index (Phi) is 9.76. The molecule has 3 aromatic rings. The van der Waals surface area contributed by atoms with Crippen LogP contribution in [0.2, 0.25) is 0 Å². The van der Waals surface area contributed by atoms with Gasteiger partial charge in [0.25, 0.3) is 0 Å². The Morgan fingerprint density at radius 1 is 1.16 bits per heavy atom. The van der Waals surface area contributed by atoms with Gasteiger partial charge in [0.05, 0.1) is 20.2 Å². The summed E-state index contributed by atoms with van der Waals surface area (Å²) in [5.41, 5.74) is 1.12. The maximum absolute atomic E-state index is 5.23. The highest BCUT2D eigenvalue weighted by atomic mass is 127. The van der Waals surface area contributed by atoms with Crippen LogP contribution in [-0.4, -0.2) is 33.9 Å². The van der Waals surface area contributed by atoms with Crippen molar-refractivity contribution in [2.24, 2.45) is 12.0 Å². The van der Waals surface area contributed by atoms with Crippen molar-refractivity contribution in [2.45, 2.75) is 46.3 Å². The maximum Gasteiger partial charge on any atom is 0.192 e. The molecule has 1 atom stereocenters. The first-order chi connectivity index (χ1) is 14.4. The van der Waals surface area contributed by atoms with Crippen LogP contribution in [0.25, 0.3) is 0 Å². The zero-order chi connectivity index (χ0) is 21.5. The Morgan fingerprint density at radius 3 is 2.48 bits per heavy atom. The number of halogens is 1. The molecule has 0 aliphatic rings. The van der Waals surface area contributed by atoms with Crippen LogP contribution in [0.5, 0.6) is 5.75 Å². The number of methoxy groups -OCH3 is 1. The third-order valence-corrected chi connectivity index (χ3v) is 5.88. The number of hydrogen-bond donors (Lipinski definition) is 2. The second-order valence-electron chi connectivity index (χ2n) is 7.35. The van der Waals surface area contributed by atoms with Gasteiger partial charge in [-0.25, -0.2) is 4.99 Å². The zero-order valence-corrected chi connectivity index (χ0v) is 21.8. The lowest BCUT2D eigenvalue weighted by Gasteiger charge is -2.18. The third kappa shape index (κ3) is 7.49. The summed E-state index contributed by atoms with van der Waals surface area (Å²) >= 11 is 1.84. The Balaban J connectivity index is 0.00000341. The predicted molar refractivity (Wildman–Crippen MR) is 137 cm³/mol. The number of nitrogens with zero attached hydrogens (tertiary/aromatic N) is 4. The summed E-state index contributed by atoms with van der Waals surface area (Å²) in [6.45, 7) is 7.38. The number of nitrogens with one attached hydrogen (secondary N) is 2. The number of guanidine groups is 1. The number of thiophene rings is 1. The topological polar surface area (TPSA) is 76.4 Å². The molecule has 2 heterocycles. The van der Waals surface area contributed by atoms with Crippen molar-refractivity contribution < 1.29 is 4.74 Å². The van der Waals surface area contributed by atoms with Gasteiger partial charge < -0.3 is 19.9 Å². The molecule has 0 aliphatic heterocycles. The molecular weight excluding hydrogens is 523 g/mol. The molecule has 0 saturated carbocycles. The van der Waals surface area contributed by atoms with Crippen LogP contribution >= 0.6 is 35.3 Å². The van der Waals surface area contributed by atoms with E-state index in [2.05, 4.69) is 46.8 Å². The number of hydrogen-bond acceptors (Lipinski definition) is 5. The van der Waals surface area contributed by atoms with E-state index in [9.17, 15) is 0 Å². The first-order valence-electron chi connectivity index (χ1n) is 10.0. The van der Waals surface area contributed by atoms with E-state index in [1.807, 2.05) is 54.1 Å². The summed E-state index contributed by atoms with van der Waals surface area (Å²) in [5, 5.41) is 15.3. The van der Waals surface area contributed by atoms with Gasteiger partial charge >= 0.3 is 0 Å². The highest BCUT2D eigenvalue weighted by Crippen LogP contribution is 2.17. The molecular formula is C22H31IN6OS. The summed E-state index contributed by atoms with van der Waals surface area (Å²) in [7, 11) is 3.64. The molecule has 0 bridgehead atoms. The number of benzene rings is 1. The molecule has 168 valence electrons. The summed E-state index contributed by atoms with van der Waals surface area (Å²) in [4.78, 5) is 7.49. The van der Waals surface area contributed by atoms with Gasteiger partial charge in [-0.2, -0.15) is 0 Å². The third-order valence-electron chi connectivity index (χ3n) is 4.86. The largest absolute Gasteiger partial charge is 0.497 e. The SMILES string of the molecule is COc1ccc(CN=C(NCc2nnc(C)n2C)NC(C)Cc2ccc(C)s2)cc1.I. The lowest BCUT2D eigenvalue weighted by Crippen LogP contribution is -2.43. The van der Waals surface area contributed by atoms with Gasteiger partial charge in [-0.1, -0.05) is 12.1 Å². The minimum Gasteiger partial charge on any atom is -0.497 e. The van der Waals surface area contributed by atoms with Gasteiger partial charge in [-0.15, -0.1) is 45.5 Å². The van der Waals surface area contributed by atoms with Crippen molar-refractivity contribution in [2.75, 3.05) is 7.11 Å². The van der Waals surface area contributed by atoms with Crippen LogP contribution in [0, 0.1) is 13.8 Å². The summed E-state index contributed by atoms with van der Waals surface area (Å²) in [5.74, 6) is 3.36. The van der Waals surface area contributed by atoms with E-state index in [1.165, 1.54) is 9.75 Å². The second kappa shape index (κ2) is 12.0. The lowest BCUT2D eigenvalue weighted by molar-refractivity contribution is 0.414. The minimum atomic E-state index is 0. The summed E-state index contributed by atoms with van der Waals surface area (Å²) in [6.07, 6.45) is 0.949. The summed E-state index contributed by atoms with van der Waals surface area (Å²) < 4.78 is 7.21. The molecule has 7 nitrogen and oxygen atoms in total. The van der Waals surface area contributed by atoms with E-state index in [4.69, 9.17) is 9.73 Å². The van der Waals surface area contributed by atoms with Gasteiger partial charge in [0, 0.05) is 29.3 Å². The van der Waals surface area contributed by atoms with Crippen LogP contribution in [0.4, 0.5) is 0 Å². The quantitative estimate of drug-likeness (QED) is 0.250. The fraction of sp³-hybridized carbons (Fsp3) is 0.409. The van der Waals surface area contributed by atoms with Crippen molar-refractivity contribution in [1.82, 2.24) is 25.4 Å². The van der Waals surface area contributed by atoms with E-state index in [0.29, 0.717) is 13.1 Å². The van der Waals surface area contributed by atoms with Crippen LogP contribution in [-0.2, 0) is 26.6 Å². The van der Waals surface area contributed by atoms with Crippen LogP contribution < -0.4 is 15.4 Å². The predicted octanol–water partition coefficient (Wildman–Crippen LogP) is 3.99. The minimum absolute atomic E-state index is 0. The number of aryl methyl sites for hydroxylation is 2. The van der Waals surface area contributed by atoms with Crippen molar-refractivity contribution in [3.05, 3.63) is 63.4 Å². The molecule has 31 heavy (non-hydrogen) atoms. The lowest BCUT2D eigenvalue weighted by atomic mass is 10.2. The molecule has 0 radical (unpaired) electrons. The number of aromatic nitrogens is 3. The number of ether oxygens (including phenoxy) is 1. The first kappa shape index (κ1) is 25.1. The standard InChI is InChI=1S/C22H30N6OS.HI/c1-15(12-20-11-6-16(2)30-20)25-22(24-14-21-27-26-17(3)28(21)4)23-13-18-7-9-19(29-5)10-8-18;/h6-11,15H,12-14H2,1-5H3,(H2,23,24,25);1H. The van der Waals surface area contributed by atoms with Gasteiger partial charge in [-0.3, -0.25) is 0 Å². The van der Waals surface area contributed by atoms with Crippen LogP contribution in [0.3, 0.4) is 0 Å². The van der Waals surface area contributed by atoms with Gasteiger partial charge in [-0.05, 0) is 50.6 Å². The Hall–Kier alpha value is -2.14. The molecule has 2 aromatic heterocycles. The summed E-state index contributed by atoms with van der Waals surface area (Å²) in [6, 6.07) is 12.6. The van der Waals surface area contributed by atoms with Gasteiger partial charge in [0.1, 0.15) is 11.6 Å². The Labute approximate surface area is 205 Å². The Bertz CT molecular complexity index is 982. The fourth-order valence-electron chi connectivity index (χ4n) is 3.00. The average Bonchev–Trinajstić information content (AvgIpc) is 3.29. The first-order valence-corrected chi connectivity index (χ1v) is 10.8. The molecule has 0 amide bonds. The van der Waals surface area contributed by atoms with E-state index in [1.54, 1.807) is 7.11 Å². The van der Waals surface area contributed by atoms with Crippen LogP contribution in [0.1, 0.15) is 33.9 Å². The van der Waals surface area contributed by atoms with E-state index in [-0.39, 0.29) is 30.0 Å². The molecule has 9 heteroatoms. The fourth-order valence-corrected chi connectivity index (χ4v) is 4.02. The van der Waals surface area contributed by atoms with E-state index >= 15 is 0 Å². The van der Waals surface area contributed by atoms with Gasteiger partial charge in [0.15, 0.2) is 11.8 Å². The van der Waals surface area contributed by atoms with E-state index < -0.39 is 0 Å². The van der Waals surface area contributed by atoms with Crippen molar-refractivity contribution in [1.29, 1.82) is 0 Å². The number of rotatable bonds is 8. The molecule has 1 aromatic carbocycles. The molecule has 2 N–H and O–H groups in total. The smallest absolute Gasteiger partial charge is 0.192 e. The van der Waals surface area contributed by atoms with Gasteiger partial charge in [0.2, 0.25) is 0 Å². The second-order valence-corrected chi connectivity index (χ2v) is 8.72. The molecule has 0 fully saturated rings. The molecule has 3 rings (SSSR count).